The minimum absolute atomic E-state index is 0.204. The molecule has 0 saturated carbocycles. The molecule has 0 heterocycles. The van der Waals surface area contributed by atoms with Crippen LogP contribution in [0.1, 0.15) is 5.56 Å². The molecule has 3 nitrogen and oxygen atoms in total. The van der Waals surface area contributed by atoms with Gasteiger partial charge in [-0.2, -0.15) is 12.6 Å². The van der Waals surface area contributed by atoms with Crippen LogP contribution in [-0.4, -0.2) is 24.2 Å². The van der Waals surface area contributed by atoms with Gasteiger partial charge in [-0.3, -0.25) is 4.79 Å². The Kier molecular flexibility index (Phi) is 6.12. The molecule has 1 rings (SSSR count). The normalized spacial score (nSPS) is 12.2. The molecule has 0 fully saturated rings. The highest BCUT2D eigenvalue weighted by molar-refractivity contribution is 7.80. The van der Waals surface area contributed by atoms with Gasteiger partial charge in [0.25, 0.3) is 0 Å². The van der Waals surface area contributed by atoms with Crippen molar-refractivity contribution >= 4 is 41.7 Å². The Hall–Kier alpha value is -0.420. The summed E-state index contributed by atoms with van der Waals surface area (Å²) in [6, 6.07) is 4.72. The van der Waals surface area contributed by atoms with Crippen molar-refractivity contribution in [3.63, 3.8) is 0 Å². The maximum atomic E-state index is 11.4. The average Bonchev–Trinajstić information content (AvgIpc) is 2.30. The van der Waals surface area contributed by atoms with Gasteiger partial charge in [0.1, 0.15) is 0 Å². The van der Waals surface area contributed by atoms with Crippen LogP contribution in [0, 0.1) is 0 Å². The lowest BCUT2D eigenvalue weighted by Crippen LogP contribution is -2.42. The minimum atomic E-state index is -0.570. The van der Waals surface area contributed by atoms with E-state index in [0.717, 1.165) is 5.56 Å². The van der Waals surface area contributed by atoms with Gasteiger partial charge in [0.15, 0.2) is 0 Å². The summed E-state index contributed by atoms with van der Waals surface area (Å²) >= 11 is 15.7. The SMILES string of the molecule is N[C@@H](CS)C(=O)NCCc1ccc(Cl)cc1Cl. The van der Waals surface area contributed by atoms with E-state index < -0.39 is 6.04 Å². The van der Waals surface area contributed by atoms with Crippen LogP contribution in [0.25, 0.3) is 0 Å². The number of carbonyl (C=O) groups is 1. The number of halogens is 2. The van der Waals surface area contributed by atoms with Crippen molar-refractivity contribution in [1.82, 2.24) is 5.32 Å². The number of rotatable bonds is 5. The fourth-order valence-electron chi connectivity index (χ4n) is 1.26. The standard InChI is InChI=1S/C11H14Cl2N2OS/c12-8-2-1-7(9(13)5-8)3-4-15-11(16)10(14)6-17/h1-2,5,10,17H,3-4,6,14H2,(H,15,16)/t10-/m0/s1. The van der Waals surface area contributed by atoms with Crippen molar-refractivity contribution in [2.24, 2.45) is 5.73 Å². The highest BCUT2D eigenvalue weighted by atomic mass is 35.5. The number of carbonyl (C=O) groups excluding carboxylic acids is 1. The molecule has 0 unspecified atom stereocenters. The van der Waals surface area contributed by atoms with E-state index in [1.165, 1.54) is 0 Å². The summed E-state index contributed by atoms with van der Waals surface area (Å²) in [7, 11) is 0. The number of thiol groups is 1. The summed E-state index contributed by atoms with van der Waals surface area (Å²) in [5.41, 5.74) is 6.45. The molecule has 1 aromatic carbocycles. The highest BCUT2D eigenvalue weighted by Gasteiger charge is 2.10. The van der Waals surface area contributed by atoms with Crippen molar-refractivity contribution in [1.29, 1.82) is 0 Å². The zero-order valence-electron chi connectivity index (χ0n) is 9.12. The lowest BCUT2D eigenvalue weighted by molar-refractivity contribution is -0.121. The van der Waals surface area contributed by atoms with Gasteiger partial charge in [-0.1, -0.05) is 29.3 Å². The molecule has 0 aromatic heterocycles. The monoisotopic (exact) mass is 292 g/mol. The molecule has 1 atom stereocenters. The maximum absolute atomic E-state index is 11.4. The number of amides is 1. The van der Waals surface area contributed by atoms with E-state index in [9.17, 15) is 4.79 Å². The van der Waals surface area contributed by atoms with Crippen LogP contribution in [0.5, 0.6) is 0 Å². The molecule has 0 saturated heterocycles. The van der Waals surface area contributed by atoms with Gasteiger partial charge in [0.05, 0.1) is 6.04 Å². The Balaban J connectivity index is 2.43. The molecule has 0 aliphatic rings. The molecule has 0 radical (unpaired) electrons. The van der Waals surface area contributed by atoms with Crippen LogP contribution in [0.15, 0.2) is 18.2 Å². The second kappa shape index (κ2) is 7.11. The summed E-state index contributed by atoms with van der Waals surface area (Å²) < 4.78 is 0. The van der Waals surface area contributed by atoms with Crippen molar-refractivity contribution in [2.45, 2.75) is 12.5 Å². The summed E-state index contributed by atoms with van der Waals surface area (Å²) in [6.45, 7) is 0.488. The second-order valence-electron chi connectivity index (χ2n) is 3.57. The van der Waals surface area contributed by atoms with Gasteiger partial charge < -0.3 is 11.1 Å². The van der Waals surface area contributed by atoms with E-state index in [1.807, 2.05) is 6.07 Å². The molecule has 3 N–H and O–H groups in total. The van der Waals surface area contributed by atoms with E-state index in [0.29, 0.717) is 28.8 Å². The van der Waals surface area contributed by atoms with Gasteiger partial charge in [0.2, 0.25) is 5.91 Å². The highest BCUT2D eigenvalue weighted by Crippen LogP contribution is 2.20. The Labute approximate surface area is 116 Å². The Morgan fingerprint density at radius 1 is 1.47 bits per heavy atom. The van der Waals surface area contributed by atoms with Gasteiger partial charge in [-0.05, 0) is 24.1 Å². The molecule has 0 spiro atoms. The maximum Gasteiger partial charge on any atom is 0.237 e. The second-order valence-corrected chi connectivity index (χ2v) is 4.77. The summed E-state index contributed by atoms with van der Waals surface area (Å²) in [5, 5.41) is 3.92. The number of benzene rings is 1. The van der Waals surface area contributed by atoms with Gasteiger partial charge in [-0.25, -0.2) is 0 Å². The molecule has 1 aromatic rings. The third-order valence-electron chi connectivity index (χ3n) is 2.24. The van der Waals surface area contributed by atoms with Gasteiger partial charge >= 0.3 is 0 Å². The number of nitrogens with one attached hydrogen (secondary N) is 1. The van der Waals surface area contributed by atoms with Crippen LogP contribution in [-0.2, 0) is 11.2 Å². The first-order valence-corrected chi connectivity index (χ1v) is 6.51. The fraction of sp³-hybridized carbons (Fsp3) is 0.364. The lowest BCUT2D eigenvalue weighted by Gasteiger charge is -2.10. The molecule has 17 heavy (non-hydrogen) atoms. The van der Waals surface area contributed by atoms with E-state index in [-0.39, 0.29) is 5.91 Å². The van der Waals surface area contributed by atoms with Crippen LogP contribution in [0.2, 0.25) is 10.0 Å². The number of hydrogen-bond acceptors (Lipinski definition) is 3. The first-order chi connectivity index (χ1) is 8.04. The summed E-state index contributed by atoms with van der Waals surface area (Å²) in [4.78, 5) is 11.4. The average molecular weight is 293 g/mol. The quantitative estimate of drug-likeness (QED) is 0.726. The Bertz CT molecular complexity index is 401. The van der Waals surface area contributed by atoms with E-state index in [1.54, 1.807) is 12.1 Å². The summed E-state index contributed by atoms with van der Waals surface area (Å²) in [6.07, 6.45) is 0.640. The van der Waals surface area contributed by atoms with Crippen molar-refractivity contribution in [3.05, 3.63) is 33.8 Å². The molecule has 6 heteroatoms. The molecule has 0 bridgehead atoms. The zero-order valence-corrected chi connectivity index (χ0v) is 11.5. The van der Waals surface area contributed by atoms with Gasteiger partial charge in [0, 0.05) is 22.3 Å². The smallest absolute Gasteiger partial charge is 0.237 e. The van der Waals surface area contributed by atoms with Crippen LogP contribution in [0.3, 0.4) is 0 Å². The molecule has 1 amide bonds. The largest absolute Gasteiger partial charge is 0.354 e. The molecular weight excluding hydrogens is 279 g/mol. The predicted octanol–water partition coefficient (Wildman–Crippen LogP) is 1.91. The van der Waals surface area contributed by atoms with Crippen molar-refractivity contribution in [2.75, 3.05) is 12.3 Å². The van der Waals surface area contributed by atoms with Crippen molar-refractivity contribution < 1.29 is 4.79 Å². The first-order valence-electron chi connectivity index (χ1n) is 5.12. The predicted molar refractivity (Wildman–Crippen MR) is 75.0 cm³/mol. The number of nitrogens with two attached hydrogens (primary N) is 1. The first kappa shape index (κ1) is 14.6. The Morgan fingerprint density at radius 2 is 2.18 bits per heavy atom. The lowest BCUT2D eigenvalue weighted by atomic mass is 10.1. The minimum Gasteiger partial charge on any atom is -0.354 e. The van der Waals surface area contributed by atoms with Gasteiger partial charge in [-0.15, -0.1) is 0 Å². The van der Waals surface area contributed by atoms with Crippen LogP contribution in [0.4, 0.5) is 0 Å². The molecular formula is C11H14Cl2N2OS. The topological polar surface area (TPSA) is 55.1 Å². The zero-order chi connectivity index (χ0) is 12.8. The fourth-order valence-corrected chi connectivity index (χ4v) is 1.93. The van der Waals surface area contributed by atoms with E-state index in [2.05, 4.69) is 17.9 Å². The van der Waals surface area contributed by atoms with Crippen LogP contribution < -0.4 is 11.1 Å². The third kappa shape index (κ3) is 4.76. The molecule has 0 aliphatic heterocycles. The summed E-state index contributed by atoms with van der Waals surface area (Å²) in [5.74, 6) is 0.123. The van der Waals surface area contributed by atoms with Crippen molar-refractivity contribution in [3.8, 4) is 0 Å². The molecule has 0 aliphatic carbocycles. The van der Waals surface area contributed by atoms with Crippen LogP contribution >= 0.6 is 35.8 Å². The number of hydrogen-bond donors (Lipinski definition) is 3. The van der Waals surface area contributed by atoms with E-state index >= 15 is 0 Å². The molecule has 94 valence electrons. The third-order valence-corrected chi connectivity index (χ3v) is 3.22. The van der Waals surface area contributed by atoms with E-state index in [4.69, 9.17) is 28.9 Å². The Morgan fingerprint density at radius 3 is 2.76 bits per heavy atom.